The zero-order valence-electron chi connectivity index (χ0n) is 20.1. The number of aryl methyl sites for hydroxylation is 2. The molecule has 39 heavy (non-hydrogen) atoms. The summed E-state index contributed by atoms with van der Waals surface area (Å²) in [4.78, 5) is 21.8. The van der Waals surface area contributed by atoms with Crippen molar-refractivity contribution in [3.05, 3.63) is 57.8 Å². The maximum Gasteiger partial charge on any atom is 0.221 e. The summed E-state index contributed by atoms with van der Waals surface area (Å²) in [6.07, 6.45) is 9.29. The van der Waals surface area contributed by atoms with Crippen LogP contribution in [0.3, 0.4) is 0 Å². The third-order valence-electron chi connectivity index (χ3n) is 4.83. The highest BCUT2D eigenvalue weighted by atomic mass is 79.9. The number of rotatable bonds is 4. The summed E-state index contributed by atoms with van der Waals surface area (Å²) >= 11 is 6.80. The first kappa shape index (κ1) is 35.7. The molecule has 5 N–H and O–H groups in total. The predicted molar refractivity (Wildman–Crippen MR) is 165 cm³/mol. The zero-order valence-corrected chi connectivity index (χ0v) is 24.1. The number of carbonyl (C=O) groups excluding carboxylic acids is 1. The molecule has 5 rings (SSSR count). The number of pyridine rings is 2. The normalized spacial score (nSPS) is 9.49. The molecule has 0 spiro atoms. The van der Waals surface area contributed by atoms with Crippen LogP contribution >= 0.6 is 44.3 Å². The van der Waals surface area contributed by atoms with Crippen molar-refractivity contribution >= 4 is 78.6 Å². The number of hydrazine groups is 1. The van der Waals surface area contributed by atoms with E-state index in [1.165, 1.54) is 6.33 Å². The van der Waals surface area contributed by atoms with Crippen LogP contribution in [-0.2, 0) is 23.6 Å². The summed E-state index contributed by atoms with van der Waals surface area (Å²) in [6, 6.07) is 3.98. The Morgan fingerprint density at radius 1 is 1.08 bits per heavy atom. The lowest BCUT2D eigenvalue weighted by molar-refractivity contribution is -0.109. The van der Waals surface area contributed by atoms with E-state index in [4.69, 9.17) is 14.9 Å². The monoisotopic (exact) mass is 686 g/mol. The van der Waals surface area contributed by atoms with Crippen LogP contribution in [0.1, 0.15) is 27.3 Å². The van der Waals surface area contributed by atoms with Crippen LogP contribution in [0.2, 0.25) is 0 Å². The van der Waals surface area contributed by atoms with Crippen LogP contribution in [-0.4, -0.2) is 53.2 Å². The van der Waals surface area contributed by atoms with Crippen LogP contribution in [0.25, 0.3) is 33.5 Å². The third kappa shape index (κ3) is 8.58. The van der Waals surface area contributed by atoms with Crippen molar-refractivity contribution in [2.75, 3.05) is 6.61 Å². The summed E-state index contributed by atoms with van der Waals surface area (Å²) in [5.74, 6) is 5.35. The standard InChI is InChI=1S/C11H12BrN3O.C10H8BrN5.CH4N2O.2CH4.ClH/c1-3-16-10(13)9-6-15(2)11-8(9)4-7(12)5-14-11;1-16-4-8(9-13-5-14-15-9)7-2-6(11)3-12-10(7)16;2-3-1-4;;;/h4-6,13H,3H2,1-2H3;2-5H,1H3,(H,13,14,15);1H,2H2,(H,3,4);2*1H4;1H. The number of carbonyl (C=O) groups is 1. The van der Waals surface area contributed by atoms with Crippen LogP contribution < -0.4 is 11.3 Å². The summed E-state index contributed by atoms with van der Waals surface area (Å²) in [7, 11) is 3.87. The minimum absolute atomic E-state index is 0. The molecule has 0 aliphatic heterocycles. The molecule has 5 heterocycles. The molecule has 0 aliphatic rings. The Morgan fingerprint density at radius 2 is 1.62 bits per heavy atom. The highest BCUT2D eigenvalue weighted by Gasteiger charge is 2.13. The van der Waals surface area contributed by atoms with Crippen LogP contribution in [0, 0.1) is 5.41 Å². The van der Waals surface area contributed by atoms with Crippen molar-refractivity contribution in [3.63, 3.8) is 0 Å². The van der Waals surface area contributed by atoms with Crippen molar-refractivity contribution in [3.8, 4) is 11.4 Å². The number of nitrogens with two attached hydrogens (primary N) is 1. The van der Waals surface area contributed by atoms with Gasteiger partial charge in [0.1, 0.15) is 17.6 Å². The largest absolute Gasteiger partial charge is 0.478 e. The van der Waals surface area contributed by atoms with E-state index in [2.05, 4.69) is 62.9 Å². The number of hydrogen-bond acceptors (Lipinski definition) is 8. The number of ether oxygens (including phenoxy) is 1. The number of aromatic amines is 1. The lowest BCUT2D eigenvalue weighted by Gasteiger charge is -2.02. The van der Waals surface area contributed by atoms with Crippen LogP contribution in [0.4, 0.5) is 0 Å². The van der Waals surface area contributed by atoms with Gasteiger partial charge in [-0.2, -0.15) is 5.10 Å². The van der Waals surface area contributed by atoms with Gasteiger partial charge < -0.3 is 13.9 Å². The number of nitrogens with zero attached hydrogens (tertiary/aromatic N) is 6. The Morgan fingerprint density at radius 3 is 2.13 bits per heavy atom. The lowest BCUT2D eigenvalue weighted by atomic mass is 10.2. The second kappa shape index (κ2) is 16.6. The fraction of sp³-hybridized carbons (Fsp3) is 0.250. The highest BCUT2D eigenvalue weighted by molar-refractivity contribution is 9.10. The van der Waals surface area contributed by atoms with E-state index in [-0.39, 0.29) is 33.2 Å². The number of fused-ring (bicyclic) bond motifs is 2. The molecule has 12 nitrogen and oxygen atoms in total. The molecule has 0 unspecified atom stereocenters. The number of nitrogens with one attached hydrogen (secondary N) is 3. The van der Waals surface area contributed by atoms with Gasteiger partial charge in [0, 0.05) is 64.2 Å². The molecule has 5 aromatic heterocycles. The smallest absolute Gasteiger partial charge is 0.221 e. The first-order valence-corrected chi connectivity index (χ1v) is 12.1. The maximum absolute atomic E-state index is 8.94. The van der Waals surface area contributed by atoms with Gasteiger partial charge in [0.05, 0.1) is 12.2 Å². The lowest BCUT2D eigenvalue weighted by Crippen LogP contribution is -2.18. The van der Waals surface area contributed by atoms with Gasteiger partial charge in [0.2, 0.25) is 12.3 Å². The minimum Gasteiger partial charge on any atom is -0.478 e. The molecule has 0 radical (unpaired) electrons. The Kier molecular flexibility index (Phi) is 15.2. The molecule has 0 fully saturated rings. The van der Waals surface area contributed by atoms with Gasteiger partial charge in [-0.25, -0.2) is 20.8 Å². The number of H-pyrrole nitrogens is 1. The SMILES string of the molecule is C.C.CCOC(=N)c1cn(C)c2ncc(Br)cc12.Cl.Cn1cc(-c2ncn[nH]2)c2cc(Br)cnc21.NNC=O. The molecular weight excluding hydrogens is 656 g/mol. The number of amides is 1. The van der Waals surface area contributed by atoms with Crippen molar-refractivity contribution in [2.24, 2.45) is 19.9 Å². The van der Waals surface area contributed by atoms with E-state index in [1.54, 1.807) is 17.8 Å². The maximum atomic E-state index is 8.94. The fourth-order valence-electron chi connectivity index (χ4n) is 3.40. The van der Waals surface area contributed by atoms with E-state index in [9.17, 15) is 0 Å². The molecule has 0 atom stereocenters. The Labute approximate surface area is 249 Å². The van der Waals surface area contributed by atoms with Crippen molar-refractivity contribution in [1.82, 2.24) is 39.7 Å². The molecule has 1 amide bonds. The Bertz CT molecular complexity index is 1490. The number of aromatic nitrogens is 7. The van der Waals surface area contributed by atoms with E-state index in [0.717, 1.165) is 48.0 Å². The zero-order chi connectivity index (χ0) is 26.2. The van der Waals surface area contributed by atoms with E-state index < -0.39 is 0 Å². The molecular formula is C24H33Br2ClN10O2. The summed E-state index contributed by atoms with van der Waals surface area (Å²) in [5.41, 5.74) is 5.30. The van der Waals surface area contributed by atoms with Gasteiger partial charge >= 0.3 is 0 Å². The summed E-state index contributed by atoms with van der Waals surface area (Å²) in [6.45, 7) is 2.37. The average Bonchev–Trinajstić information content (AvgIpc) is 3.58. The average molecular weight is 689 g/mol. The quantitative estimate of drug-likeness (QED) is 0.0508. The van der Waals surface area contributed by atoms with Gasteiger partial charge in [-0.3, -0.25) is 20.7 Å². The fourth-order valence-corrected chi connectivity index (χ4v) is 4.06. The predicted octanol–water partition coefficient (Wildman–Crippen LogP) is 5.12. The molecule has 5 aromatic rings. The third-order valence-corrected chi connectivity index (χ3v) is 5.70. The van der Waals surface area contributed by atoms with Crippen LogP contribution in [0.5, 0.6) is 0 Å². The molecule has 0 saturated carbocycles. The van der Waals surface area contributed by atoms with Crippen molar-refractivity contribution < 1.29 is 9.53 Å². The molecule has 15 heteroatoms. The van der Waals surface area contributed by atoms with E-state index in [1.807, 2.05) is 54.7 Å². The van der Waals surface area contributed by atoms with E-state index in [0.29, 0.717) is 13.0 Å². The molecule has 0 aromatic carbocycles. The van der Waals surface area contributed by atoms with Crippen molar-refractivity contribution in [1.29, 1.82) is 5.41 Å². The van der Waals surface area contributed by atoms with Crippen molar-refractivity contribution in [2.45, 2.75) is 21.8 Å². The van der Waals surface area contributed by atoms with Gasteiger partial charge in [0.15, 0.2) is 5.82 Å². The number of hydrogen-bond donors (Lipinski definition) is 4. The minimum atomic E-state index is 0. The topological polar surface area (TPSA) is 165 Å². The molecule has 0 aliphatic carbocycles. The molecule has 212 valence electrons. The van der Waals surface area contributed by atoms with Gasteiger partial charge in [-0.05, 0) is 50.9 Å². The summed E-state index contributed by atoms with van der Waals surface area (Å²) < 4.78 is 10.9. The highest BCUT2D eigenvalue weighted by Crippen LogP contribution is 2.28. The molecule has 0 saturated heterocycles. The van der Waals surface area contributed by atoms with Gasteiger partial charge in [0.25, 0.3) is 0 Å². The molecule has 0 bridgehead atoms. The van der Waals surface area contributed by atoms with Crippen LogP contribution in [0.15, 0.2) is 52.2 Å². The first-order valence-electron chi connectivity index (χ1n) is 10.5. The van der Waals surface area contributed by atoms with Gasteiger partial charge in [-0.15, -0.1) is 12.4 Å². The Hall–Kier alpha value is -3.33. The first-order chi connectivity index (χ1) is 17.3. The second-order valence-corrected chi connectivity index (χ2v) is 9.07. The van der Waals surface area contributed by atoms with E-state index >= 15 is 0 Å². The summed E-state index contributed by atoms with van der Waals surface area (Å²) in [5, 5.41) is 16.5. The van der Waals surface area contributed by atoms with Gasteiger partial charge in [-0.1, -0.05) is 14.9 Å². The second-order valence-electron chi connectivity index (χ2n) is 7.24. The number of halogens is 3. The Balaban J connectivity index is 0.000000611.